The molecule has 2 heterocycles. The molecule has 2 aromatic heterocycles. The molecule has 0 saturated carbocycles. The Morgan fingerprint density at radius 3 is 2.94 bits per heavy atom. The summed E-state index contributed by atoms with van der Waals surface area (Å²) in [6.07, 6.45) is 1.75. The Labute approximate surface area is 107 Å². The minimum absolute atomic E-state index is 0.134. The molecule has 0 saturated heterocycles. The fourth-order valence-electron chi connectivity index (χ4n) is 1.36. The highest BCUT2D eigenvalue weighted by Gasteiger charge is 2.10. The fraction of sp³-hybridized carbons (Fsp3) is 0.364. The van der Waals surface area contributed by atoms with E-state index in [1.807, 2.05) is 13.8 Å². The van der Waals surface area contributed by atoms with Gasteiger partial charge in [-0.1, -0.05) is 0 Å². The molecular formula is C11H13BrN2OS. The summed E-state index contributed by atoms with van der Waals surface area (Å²) in [5, 5.41) is 3.38. The maximum atomic E-state index is 5.46. The third-order valence-corrected chi connectivity index (χ3v) is 3.84. The van der Waals surface area contributed by atoms with E-state index in [1.54, 1.807) is 17.5 Å². The van der Waals surface area contributed by atoms with Crippen molar-refractivity contribution in [1.82, 2.24) is 10.3 Å². The first kappa shape index (κ1) is 11.8. The molecule has 0 aliphatic rings. The summed E-state index contributed by atoms with van der Waals surface area (Å²) in [5.41, 5.74) is 0. The van der Waals surface area contributed by atoms with Crippen LogP contribution in [0.15, 0.2) is 26.5 Å². The van der Waals surface area contributed by atoms with Crippen molar-refractivity contribution in [3.05, 3.63) is 38.6 Å². The Bertz CT molecular complexity index is 466. The fourth-order valence-corrected chi connectivity index (χ4v) is 2.79. The standard InChI is InChI=1S/C11H13BrN2OS/c1-7-5-14-11(15-7)8(2)13-6-9-3-4-10(12)16-9/h3-5,8,13H,6H2,1-2H3. The molecule has 0 aliphatic carbocycles. The van der Waals surface area contributed by atoms with E-state index < -0.39 is 0 Å². The van der Waals surface area contributed by atoms with Gasteiger partial charge in [0.25, 0.3) is 0 Å². The van der Waals surface area contributed by atoms with Crippen LogP contribution < -0.4 is 5.32 Å². The average Bonchev–Trinajstić information content (AvgIpc) is 2.84. The van der Waals surface area contributed by atoms with Crippen molar-refractivity contribution in [2.45, 2.75) is 26.4 Å². The Hall–Kier alpha value is -0.650. The maximum absolute atomic E-state index is 5.46. The van der Waals surface area contributed by atoms with Crippen LogP contribution in [0.4, 0.5) is 0 Å². The predicted octanol–water partition coefficient (Wildman–Crippen LogP) is 3.66. The first-order valence-electron chi connectivity index (χ1n) is 5.05. The third kappa shape index (κ3) is 2.93. The van der Waals surface area contributed by atoms with Gasteiger partial charge >= 0.3 is 0 Å². The largest absolute Gasteiger partial charge is 0.444 e. The summed E-state index contributed by atoms with van der Waals surface area (Å²) in [4.78, 5) is 5.49. The van der Waals surface area contributed by atoms with Crippen LogP contribution in [0.5, 0.6) is 0 Å². The van der Waals surface area contributed by atoms with Gasteiger partial charge in [0, 0.05) is 11.4 Å². The van der Waals surface area contributed by atoms with Crippen molar-refractivity contribution in [2.75, 3.05) is 0 Å². The molecule has 0 aliphatic heterocycles. The molecule has 2 aromatic rings. The van der Waals surface area contributed by atoms with Gasteiger partial charge in [-0.3, -0.25) is 0 Å². The summed E-state index contributed by atoms with van der Waals surface area (Å²) in [5.74, 6) is 1.59. The van der Waals surface area contributed by atoms with Crippen molar-refractivity contribution in [1.29, 1.82) is 0 Å². The lowest BCUT2D eigenvalue weighted by molar-refractivity contribution is 0.403. The molecule has 0 radical (unpaired) electrons. The molecule has 1 atom stereocenters. The summed E-state index contributed by atoms with van der Waals surface area (Å²) in [6.45, 7) is 4.78. The quantitative estimate of drug-likeness (QED) is 0.936. The minimum atomic E-state index is 0.134. The van der Waals surface area contributed by atoms with E-state index in [-0.39, 0.29) is 6.04 Å². The van der Waals surface area contributed by atoms with Crippen LogP contribution in [0.25, 0.3) is 0 Å². The van der Waals surface area contributed by atoms with E-state index in [1.165, 1.54) is 4.88 Å². The Morgan fingerprint density at radius 2 is 2.38 bits per heavy atom. The lowest BCUT2D eigenvalue weighted by Gasteiger charge is -2.08. The molecule has 16 heavy (non-hydrogen) atoms. The van der Waals surface area contributed by atoms with E-state index in [2.05, 4.69) is 38.4 Å². The minimum Gasteiger partial charge on any atom is -0.444 e. The van der Waals surface area contributed by atoms with Crippen LogP contribution in [0, 0.1) is 6.92 Å². The molecule has 1 unspecified atom stereocenters. The second-order valence-electron chi connectivity index (χ2n) is 3.62. The Kier molecular flexibility index (Phi) is 3.78. The smallest absolute Gasteiger partial charge is 0.211 e. The zero-order chi connectivity index (χ0) is 11.5. The number of rotatable bonds is 4. The Morgan fingerprint density at radius 1 is 1.56 bits per heavy atom. The summed E-state index contributed by atoms with van der Waals surface area (Å²) >= 11 is 5.18. The zero-order valence-corrected chi connectivity index (χ0v) is 11.6. The van der Waals surface area contributed by atoms with Crippen LogP contribution in [-0.4, -0.2) is 4.98 Å². The van der Waals surface area contributed by atoms with E-state index in [4.69, 9.17) is 4.42 Å². The van der Waals surface area contributed by atoms with E-state index in [0.29, 0.717) is 0 Å². The number of hydrogen-bond donors (Lipinski definition) is 1. The van der Waals surface area contributed by atoms with Gasteiger partial charge in [0.2, 0.25) is 5.89 Å². The lowest BCUT2D eigenvalue weighted by atomic mass is 10.3. The highest BCUT2D eigenvalue weighted by atomic mass is 79.9. The number of hydrogen-bond acceptors (Lipinski definition) is 4. The van der Waals surface area contributed by atoms with Crippen molar-refractivity contribution < 1.29 is 4.42 Å². The molecule has 3 nitrogen and oxygen atoms in total. The van der Waals surface area contributed by atoms with Crippen LogP contribution in [0.2, 0.25) is 0 Å². The van der Waals surface area contributed by atoms with Gasteiger partial charge in [0.05, 0.1) is 16.0 Å². The number of halogens is 1. The van der Waals surface area contributed by atoms with Gasteiger partial charge in [0.1, 0.15) is 5.76 Å². The lowest BCUT2D eigenvalue weighted by Crippen LogP contribution is -2.17. The van der Waals surface area contributed by atoms with Gasteiger partial charge in [-0.05, 0) is 41.9 Å². The molecule has 0 aromatic carbocycles. The number of nitrogens with one attached hydrogen (secondary N) is 1. The summed E-state index contributed by atoms with van der Waals surface area (Å²) in [6, 6.07) is 4.30. The molecular weight excluding hydrogens is 288 g/mol. The van der Waals surface area contributed by atoms with Gasteiger partial charge < -0.3 is 9.73 Å². The second kappa shape index (κ2) is 5.12. The maximum Gasteiger partial charge on any atom is 0.211 e. The van der Waals surface area contributed by atoms with Crippen LogP contribution >= 0.6 is 27.3 Å². The van der Waals surface area contributed by atoms with E-state index >= 15 is 0 Å². The predicted molar refractivity (Wildman–Crippen MR) is 68.5 cm³/mol. The number of oxazole rings is 1. The first-order valence-corrected chi connectivity index (χ1v) is 6.66. The molecule has 0 spiro atoms. The summed E-state index contributed by atoms with van der Waals surface area (Å²) < 4.78 is 6.62. The highest BCUT2D eigenvalue weighted by molar-refractivity contribution is 9.11. The SMILES string of the molecule is Cc1cnc(C(C)NCc2ccc(Br)s2)o1. The van der Waals surface area contributed by atoms with Crippen molar-refractivity contribution >= 4 is 27.3 Å². The number of aryl methyl sites for hydroxylation is 1. The average molecular weight is 301 g/mol. The number of aromatic nitrogens is 1. The molecule has 86 valence electrons. The zero-order valence-electron chi connectivity index (χ0n) is 9.16. The van der Waals surface area contributed by atoms with Crippen molar-refractivity contribution in [3.8, 4) is 0 Å². The summed E-state index contributed by atoms with van der Waals surface area (Å²) in [7, 11) is 0. The molecule has 0 bridgehead atoms. The Balaban J connectivity index is 1.91. The molecule has 2 rings (SSSR count). The van der Waals surface area contributed by atoms with Crippen LogP contribution in [0.1, 0.15) is 29.5 Å². The van der Waals surface area contributed by atoms with Gasteiger partial charge in [-0.15, -0.1) is 11.3 Å². The van der Waals surface area contributed by atoms with Gasteiger partial charge in [-0.2, -0.15) is 0 Å². The molecule has 0 amide bonds. The number of thiophene rings is 1. The topological polar surface area (TPSA) is 38.1 Å². The van der Waals surface area contributed by atoms with Crippen molar-refractivity contribution in [2.24, 2.45) is 0 Å². The second-order valence-corrected chi connectivity index (χ2v) is 6.17. The van der Waals surface area contributed by atoms with E-state index in [9.17, 15) is 0 Å². The van der Waals surface area contributed by atoms with Crippen molar-refractivity contribution in [3.63, 3.8) is 0 Å². The molecule has 0 fully saturated rings. The van der Waals surface area contributed by atoms with E-state index in [0.717, 1.165) is 22.0 Å². The first-order chi connectivity index (χ1) is 7.65. The van der Waals surface area contributed by atoms with Gasteiger partial charge in [0.15, 0.2) is 0 Å². The number of nitrogens with zero attached hydrogens (tertiary/aromatic N) is 1. The van der Waals surface area contributed by atoms with Crippen LogP contribution in [-0.2, 0) is 6.54 Å². The third-order valence-electron chi connectivity index (χ3n) is 2.22. The van der Waals surface area contributed by atoms with Gasteiger partial charge in [-0.25, -0.2) is 4.98 Å². The molecule has 5 heteroatoms. The highest BCUT2D eigenvalue weighted by Crippen LogP contribution is 2.22. The van der Waals surface area contributed by atoms with Crippen LogP contribution in [0.3, 0.4) is 0 Å². The normalized spacial score (nSPS) is 12.9. The monoisotopic (exact) mass is 300 g/mol. The molecule has 1 N–H and O–H groups in total.